The molecule has 3 aromatic rings. The fraction of sp³-hybridized carbons (Fsp3) is 0.111. The highest BCUT2D eigenvalue weighted by molar-refractivity contribution is 7.18. The van der Waals surface area contributed by atoms with Crippen molar-refractivity contribution in [3.63, 3.8) is 0 Å². The van der Waals surface area contributed by atoms with Gasteiger partial charge < -0.3 is 4.90 Å². The number of halogens is 2. The molecule has 0 unspecified atom stereocenters. The summed E-state index contributed by atoms with van der Waals surface area (Å²) in [7, 11) is 1.68. The molecule has 3 rings (SSSR count). The molecule has 1 aromatic heterocycles. The van der Waals surface area contributed by atoms with Gasteiger partial charge in [-0.2, -0.15) is 0 Å². The Bertz CT molecular complexity index is 869. The van der Waals surface area contributed by atoms with E-state index in [2.05, 4.69) is 4.98 Å². The van der Waals surface area contributed by atoms with E-state index < -0.39 is 5.82 Å². The Labute approximate surface area is 148 Å². The topological polar surface area (TPSA) is 33.2 Å². The lowest BCUT2D eigenvalue weighted by Gasteiger charge is -2.12. The van der Waals surface area contributed by atoms with Crippen LogP contribution in [-0.4, -0.2) is 22.8 Å². The van der Waals surface area contributed by atoms with E-state index in [1.165, 1.54) is 29.2 Å². The second kappa shape index (κ2) is 7.11. The van der Waals surface area contributed by atoms with Crippen molar-refractivity contribution in [2.24, 2.45) is 0 Å². The van der Waals surface area contributed by atoms with Gasteiger partial charge >= 0.3 is 0 Å². The third kappa shape index (κ3) is 3.63. The number of nitrogens with zero attached hydrogens (tertiary/aromatic N) is 2. The van der Waals surface area contributed by atoms with Gasteiger partial charge in [0, 0.05) is 18.7 Å². The van der Waals surface area contributed by atoms with Crippen LogP contribution >= 0.6 is 22.9 Å². The smallest absolute Gasteiger partial charge is 0.246 e. The number of amides is 1. The Hall–Kier alpha value is -2.24. The van der Waals surface area contributed by atoms with E-state index >= 15 is 0 Å². The molecule has 0 aliphatic rings. The van der Waals surface area contributed by atoms with Crippen molar-refractivity contribution in [2.45, 2.75) is 6.54 Å². The molecule has 1 amide bonds. The third-order valence-corrected chi connectivity index (χ3v) is 4.83. The van der Waals surface area contributed by atoms with E-state index in [0.29, 0.717) is 6.54 Å². The molecule has 24 heavy (non-hydrogen) atoms. The van der Waals surface area contributed by atoms with Crippen molar-refractivity contribution in [3.05, 3.63) is 70.0 Å². The molecular formula is C18H14ClFN2OS. The Balaban J connectivity index is 1.71. The van der Waals surface area contributed by atoms with Crippen molar-refractivity contribution in [1.29, 1.82) is 0 Å². The van der Waals surface area contributed by atoms with Crippen LogP contribution in [0.3, 0.4) is 0 Å². The van der Waals surface area contributed by atoms with E-state index in [0.717, 1.165) is 15.2 Å². The van der Waals surface area contributed by atoms with Crippen LogP contribution in [-0.2, 0) is 11.3 Å². The van der Waals surface area contributed by atoms with E-state index in [9.17, 15) is 9.18 Å². The number of para-hydroxylation sites is 1. The summed E-state index contributed by atoms with van der Waals surface area (Å²) in [6, 6.07) is 12.2. The van der Waals surface area contributed by atoms with Crippen LogP contribution in [0.4, 0.5) is 4.39 Å². The maximum atomic E-state index is 13.7. The average molecular weight is 361 g/mol. The van der Waals surface area contributed by atoms with Crippen molar-refractivity contribution >= 4 is 45.1 Å². The van der Waals surface area contributed by atoms with Gasteiger partial charge in [0.05, 0.1) is 21.8 Å². The first-order valence-corrected chi connectivity index (χ1v) is 8.45. The number of carbonyl (C=O) groups is 1. The molecule has 0 radical (unpaired) electrons. The SMILES string of the molecule is CN(Cc1nc2ccccc2s1)C(=O)/C=C/c1c(F)cccc1Cl. The van der Waals surface area contributed by atoms with Gasteiger partial charge in [0.25, 0.3) is 0 Å². The number of fused-ring (bicyclic) bond motifs is 1. The summed E-state index contributed by atoms with van der Waals surface area (Å²) in [5, 5.41) is 1.12. The number of benzene rings is 2. The van der Waals surface area contributed by atoms with Gasteiger partial charge in [0.2, 0.25) is 5.91 Å². The highest BCUT2D eigenvalue weighted by Crippen LogP contribution is 2.23. The molecule has 1 heterocycles. The minimum Gasteiger partial charge on any atom is -0.335 e. The predicted molar refractivity (Wildman–Crippen MR) is 96.5 cm³/mol. The minimum atomic E-state index is -0.458. The number of hydrogen-bond donors (Lipinski definition) is 0. The van der Waals surface area contributed by atoms with Crippen LogP contribution in [0.5, 0.6) is 0 Å². The number of aromatic nitrogens is 1. The number of carbonyl (C=O) groups excluding carboxylic acids is 1. The highest BCUT2D eigenvalue weighted by Gasteiger charge is 2.11. The van der Waals surface area contributed by atoms with Gasteiger partial charge in [-0.1, -0.05) is 29.8 Å². The summed E-state index contributed by atoms with van der Waals surface area (Å²) in [4.78, 5) is 18.2. The van der Waals surface area contributed by atoms with E-state index in [-0.39, 0.29) is 16.5 Å². The standard InChI is InChI=1S/C18H14ClFN2OS/c1-22(11-17-21-15-7-2-3-8-16(15)24-17)18(23)10-9-12-13(19)5-4-6-14(12)20/h2-10H,11H2,1H3/b10-9+. The fourth-order valence-electron chi connectivity index (χ4n) is 2.22. The van der Waals surface area contributed by atoms with E-state index in [1.807, 2.05) is 24.3 Å². The first-order valence-electron chi connectivity index (χ1n) is 7.26. The Morgan fingerprint density at radius 1 is 1.29 bits per heavy atom. The Morgan fingerprint density at radius 3 is 2.83 bits per heavy atom. The zero-order chi connectivity index (χ0) is 17.1. The lowest BCUT2D eigenvalue weighted by atomic mass is 10.2. The molecule has 0 N–H and O–H groups in total. The van der Waals surface area contributed by atoms with Crippen LogP contribution in [0.2, 0.25) is 5.02 Å². The average Bonchev–Trinajstić information content (AvgIpc) is 2.96. The molecule has 0 saturated heterocycles. The largest absolute Gasteiger partial charge is 0.335 e. The van der Waals surface area contributed by atoms with E-state index in [4.69, 9.17) is 11.6 Å². The highest BCUT2D eigenvalue weighted by atomic mass is 35.5. The quantitative estimate of drug-likeness (QED) is 0.628. The summed E-state index contributed by atoms with van der Waals surface area (Å²) in [5.41, 5.74) is 1.13. The van der Waals surface area contributed by atoms with Gasteiger partial charge in [-0.25, -0.2) is 9.37 Å². The molecule has 122 valence electrons. The number of thiazole rings is 1. The van der Waals surface area contributed by atoms with Crippen molar-refractivity contribution in [3.8, 4) is 0 Å². The second-order valence-electron chi connectivity index (χ2n) is 5.24. The Kier molecular flexibility index (Phi) is 4.92. The molecule has 0 spiro atoms. The monoisotopic (exact) mass is 360 g/mol. The summed E-state index contributed by atoms with van der Waals surface area (Å²) < 4.78 is 14.8. The van der Waals surface area contributed by atoms with Gasteiger partial charge in [-0.15, -0.1) is 11.3 Å². The molecule has 2 aromatic carbocycles. The van der Waals surface area contributed by atoms with Gasteiger partial charge in [-0.3, -0.25) is 4.79 Å². The van der Waals surface area contributed by atoms with Crippen LogP contribution < -0.4 is 0 Å². The summed E-state index contributed by atoms with van der Waals surface area (Å²) in [6.07, 6.45) is 2.71. The molecule has 3 nitrogen and oxygen atoms in total. The third-order valence-electron chi connectivity index (χ3n) is 3.48. The molecule has 0 bridgehead atoms. The van der Waals surface area contributed by atoms with Gasteiger partial charge in [-0.05, 0) is 30.3 Å². The first kappa shape index (κ1) is 16.6. The van der Waals surface area contributed by atoms with E-state index in [1.54, 1.807) is 24.5 Å². The summed E-state index contributed by atoms with van der Waals surface area (Å²) >= 11 is 7.50. The molecule has 0 atom stereocenters. The van der Waals surface area contributed by atoms with Crippen LogP contribution in [0, 0.1) is 5.82 Å². The number of likely N-dealkylation sites (N-methyl/N-ethyl adjacent to an activating group) is 1. The van der Waals surface area contributed by atoms with Gasteiger partial charge in [0.1, 0.15) is 10.8 Å². The molecule has 6 heteroatoms. The first-order chi connectivity index (χ1) is 11.5. The zero-order valence-electron chi connectivity index (χ0n) is 12.9. The van der Waals surface area contributed by atoms with Crippen LogP contribution in [0.1, 0.15) is 10.6 Å². The molecule has 0 fully saturated rings. The summed E-state index contributed by atoms with van der Waals surface area (Å²) in [5.74, 6) is -0.700. The zero-order valence-corrected chi connectivity index (χ0v) is 14.4. The normalized spacial score (nSPS) is 11.3. The molecular weight excluding hydrogens is 347 g/mol. The van der Waals surface area contributed by atoms with Crippen molar-refractivity contribution in [2.75, 3.05) is 7.05 Å². The number of hydrogen-bond acceptors (Lipinski definition) is 3. The van der Waals surface area contributed by atoms with Crippen LogP contribution in [0.15, 0.2) is 48.5 Å². The van der Waals surface area contributed by atoms with Gasteiger partial charge in [0.15, 0.2) is 0 Å². The molecule has 0 saturated carbocycles. The van der Waals surface area contributed by atoms with Crippen molar-refractivity contribution in [1.82, 2.24) is 9.88 Å². The maximum absolute atomic E-state index is 13.7. The minimum absolute atomic E-state index is 0.209. The molecule has 0 aliphatic carbocycles. The Morgan fingerprint density at radius 2 is 2.08 bits per heavy atom. The lowest BCUT2D eigenvalue weighted by Crippen LogP contribution is -2.24. The lowest BCUT2D eigenvalue weighted by molar-refractivity contribution is -0.125. The van der Waals surface area contributed by atoms with Crippen molar-refractivity contribution < 1.29 is 9.18 Å². The molecule has 0 aliphatic heterocycles. The predicted octanol–water partition coefficient (Wildman–Crippen LogP) is 4.76. The maximum Gasteiger partial charge on any atom is 0.246 e. The second-order valence-corrected chi connectivity index (χ2v) is 6.76. The van der Waals surface area contributed by atoms with Crippen LogP contribution in [0.25, 0.3) is 16.3 Å². The number of rotatable bonds is 4. The summed E-state index contributed by atoms with van der Waals surface area (Å²) in [6.45, 7) is 0.396. The fourth-order valence-corrected chi connectivity index (χ4v) is 3.47.